The number of nitrogens with zero attached hydrogens (tertiary/aromatic N) is 2. The molecule has 0 radical (unpaired) electrons. The summed E-state index contributed by atoms with van der Waals surface area (Å²) in [7, 11) is 1.65. The lowest BCUT2D eigenvalue weighted by Crippen LogP contribution is -2.26. The number of rotatable bonds is 3. The van der Waals surface area contributed by atoms with Crippen molar-refractivity contribution in [1.29, 1.82) is 0 Å². The van der Waals surface area contributed by atoms with Crippen LogP contribution in [0.1, 0.15) is 49.7 Å². The quantitative estimate of drug-likeness (QED) is 0.942. The third kappa shape index (κ3) is 2.49. The van der Waals surface area contributed by atoms with Gasteiger partial charge in [0.25, 0.3) is 0 Å². The lowest BCUT2D eigenvalue weighted by atomic mass is 9.95. The van der Waals surface area contributed by atoms with E-state index >= 15 is 0 Å². The Morgan fingerprint density at radius 2 is 2.24 bits per heavy atom. The third-order valence-corrected chi connectivity index (χ3v) is 3.94. The van der Waals surface area contributed by atoms with Crippen molar-refractivity contribution in [3.8, 4) is 11.5 Å². The van der Waals surface area contributed by atoms with Gasteiger partial charge in [0, 0.05) is 24.1 Å². The van der Waals surface area contributed by atoms with Crippen LogP contribution in [-0.2, 0) is 0 Å². The van der Waals surface area contributed by atoms with E-state index in [-0.39, 0.29) is 12.1 Å². The molecule has 1 aromatic carbocycles. The van der Waals surface area contributed by atoms with E-state index in [0.717, 1.165) is 29.2 Å². The Morgan fingerprint density at radius 3 is 2.95 bits per heavy atom. The SMILES string of the molecule is COc1ccc2c(c1)[C@@H](N)CC(c1cncn1C(C)C)O2. The van der Waals surface area contributed by atoms with Gasteiger partial charge in [0.15, 0.2) is 0 Å². The molecule has 2 heterocycles. The van der Waals surface area contributed by atoms with Crippen LogP contribution in [0.5, 0.6) is 11.5 Å². The van der Waals surface area contributed by atoms with E-state index in [2.05, 4.69) is 23.4 Å². The molecule has 21 heavy (non-hydrogen) atoms. The van der Waals surface area contributed by atoms with E-state index in [1.807, 2.05) is 30.7 Å². The van der Waals surface area contributed by atoms with E-state index < -0.39 is 0 Å². The van der Waals surface area contributed by atoms with Crippen LogP contribution in [-0.4, -0.2) is 16.7 Å². The van der Waals surface area contributed by atoms with Gasteiger partial charge in [-0.15, -0.1) is 0 Å². The Kier molecular flexibility index (Phi) is 3.59. The van der Waals surface area contributed by atoms with E-state index in [4.69, 9.17) is 15.2 Å². The van der Waals surface area contributed by atoms with Crippen molar-refractivity contribution in [2.45, 2.75) is 38.5 Å². The van der Waals surface area contributed by atoms with Gasteiger partial charge in [-0.3, -0.25) is 0 Å². The normalized spacial score (nSPS) is 21.0. The van der Waals surface area contributed by atoms with Crippen LogP contribution in [0.3, 0.4) is 0 Å². The number of fused-ring (bicyclic) bond motifs is 1. The molecule has 0 fully saturated rings. The molecule has 0 saturated carbocycles. The standard InChI is InChI=1S/C16H21N3O2/c1-10(2)19-9-18-8-14(19)16-7-13(17)12-6-11(20-3)4-5-15(12)21-16/h4-6,8-10,13,16H,7,17H2,1-3H3/t13-,16?/m0/s1. The number of ether oxygens (including phenoxy) is 2. The fourth-order valence-electron chi connectivity index (χ4n) is 2.79. The van der Waals surface area contributed by atoms with Crippen molar-refractivity contribution in [1.82, 2.24) is 9.55 Å². The molecule has 0 bridgehead atoms. The number of aromatic nitrogens is 2. The lowest BCUT2D eigenvalue weighted by Gasteiger charge is -2.31. The van der Waals surface area contributed by atoms with Crippen LogP contribution in [0, 0.1) is 0 Å². The molecule has 5 heteroatoms. The second kappa shape index (κ2) is 5.41. The van der Waals surface area contributed by atoms with E-state index in [1.165, 1.54) is 0 Å². The summed E-state index contributed by atoms with van der Waals surface area (Å²) in [5, 5.41) is 0. The van der Waals surface area contributed by atoms with Crippen molar-refractivity contribution in [3.63, 3.8) is 0 Å². The van der Waals surface area contributed by atoms with E-state index in [1.54, 1.807) is 7.11 Å². The maximum absolute atomic E-state index is 6.33. The molecule has 2 N–H and O–H groups in total. The molecule has 0 saturated heterocycles. The zero-order chi connectivity index (χ0) is 15.0. The summed E-state index contributed by atoms with van der Waals surface area (Å²) in [5.74, 6) is 1.63. The van der Waals surface area contributed by atoms with Crippen molar-refractivity contribution in [2.75, 3.05) is 7.11 Å². The Labute approximate surface area is 124 Å². The number of nitrogens with two attached hydrogens (primary N) is 1. The molecule has 1 aliphatic heterocycles. The van der Waals surface area contributed by atoms with Gasteiger partial charge in [-0.25, -0.2) is 4.98 Å². The highest BCUT2D eigenvalue weighted by atomic mass is 16.5. The van der Waals surface area contributed by atoms with E-state index in [0.29, 0.717) is 6.04 Å². The minimum atomic E-state index is -0.0654. The summed E-state index contributed by atoms with van der Waals surface area (Å²) in [6.45, 7) is 4.26. The zero-order valence-electron chi connectivity index (χ0n) is 12.6. The highest BCUT2D eigenvalue weighted by molar-refractivity contribution is 5.44. The van der Waals surface area contributed by atoms with Crippen LogP contribution < -0.4 is 15.2 Å². The Bertz CT molecular complexity index is 636. The topological polar surface area (TPSA) is 62.3 Å². The summed E-state index contributed by atoms with van der Waals surface area (Å²) in [6.07, 6.45) is 4.38. The van der Waals surface area contributed by atoms with E-state index in [9.17, 15) is 0 Å². The molecule has 1 aliphatic rings. The molecule has 3 rings (SSSR count). The summed E-state index contributed by atoms with van der Waals surface area (Å²) in [6, 6.07) is 6.06. The van der Waals surface area contributed by atoms with Gasteiger partial charge in [0.05, 0.1) is 25.3 Å². The number of hydrogen-bond acceptors (Lipinski definition) is 4. The molecular formula is C16H21N3O2. The maximum atomic E-state index is 6.33. The predicted molar refractivity (Wildman–Crippen MR) is 80.5 cm³/mol. The van der Waals surface area contributed by atoms with Gasteiger partial charge in [-0.1, -0.05) is 0 Å². The minimum absolute atomic E-state index is 0.0641. The first kappa shape index (κ1) is 13.9. The largest absolute Gasteiger partial charge is 0.497 e. The fourth-order valence-corrected chi connectivity index (χ4v) is 2.79. The second-order valence-electron chi connectivity index (χ2n) is 5.67. The van der Waals surface area contributed by atoms with Crippen LogP contribution in [0.2, 0.25) is 0 Å². The van der Waals surface area contributed by atoms with Gasteiger partial charge in [0.2, 0.25) is 0 Å². The predicted octanol–water partition coefficient (Wildman–Crippen LogP) is 3.00. The Hall–Kier alpha value is -2.01. The smallest absolute Gasteiger partial charge is 0.142 e. The lowest BCUT2D eigenvalue weighted by molar-refractivity contribution is 0.151. The van der Waals surface area contributed by atoms with Crippen LogP contribution >= 0.6 is 0 Å². The molecule has 2 aromatic rings. The molecule has 2 atom stereocenters. The molecule has 5 nitrogen and oxygen atoms in total. The molecule has 1 unspecified atom stereocenters. The van der Waals surface area contributed by atoms with Crippen LogP contribution in [0.25, 0.3) is 0 Å². The number of methoxy groups -OCH3 is 1. The van der Waals surface area contributed by atoms with Crippen molar-refractivity contribution in [3.05, 3.63) is 42.0 Å². The fraction of sp³-hybridized carbons (Fsp3) is 0.438. The second-order valence-corrected chi connectivity index (χ2v) is 5.67. The third-order valence-electron chi connectivity index (χ3n) is 3.94. The highest BCUT2D eigenvalue weighted by Crippen LogP contribution is 2.41. The number of hydrogen-bond donors (Lipinski definition) is 1. The summed E-state index contributed by atoms with van der Waals surface area (Å²) in [4.78, 5) is 4.25. The first-order valence-corrected chi connectivity index (χ1v) is 7.22. The first-order valence-electron chi connectivity index (χ1n) is 7.22. The zero-order valence-corrected chi connectivity index (χ0v) is 12.6. The molecule has 0 amide bonds. The summed E-state index contributed by atoms with van der Waals surface area (Å²) >= 11 is 0. The number of imidazole rings is 1. The Balaban J connectivity index is 1.93. The highest BCUT2D eigenvalue weighted by Gasteiger charge is 2.29. The molecule has 112 valence electrons. The molecule has 0 aliphatic carbocycles. The monoisotopic (exact) mass is 287 g/mol. The average molecular weight is 287 g/mol. The average Bonchev–Trinajstić information content (AvgIpc) is 2.96. The van der Waals surface area contributed by atoms with Crippen LogP contribution in [0.15, 0.2) is 30.7 Å². The Morgan fingerprint density at radius 1 is 1.43 bits per heavy atom. The summed E-state index contributed by atoms with van der Waals surface area (Å²) in [5.41, 5.74) is 8.40. The maximum Gasteiger partial charge on any atom is 0.142 e. The van der Waals surface area contributed by atoms with Crippen molar-refractivity contribution in [2.24, 2.45) is 5.73 Å². The van der Waals surface area contributed by atoms with Gasteiger partial charge >= 0.3 is 0 Å². The van der Waals surface area contributed by atoms with Gasteiger partial charge in [0.1, 0.15) is 17.6 Å². The van der Waals surface area contributed by atoms with Gasteiger partial charge in [-0.05, 0) is 32.0 Å². The molecular weight excluding hydrogens is 266 g/mol. The summed E-state index contributed by atoms with van der Waals surface area (Å²) < 4.78 is 13.5. The molecule has 1 aromatic heterocycles. The van der Waals surface area contributed by atoms with Crippen molar-refractivity contribution >= 4 is 0 Å². The van der Waals surface area contributed by atoms with Crippen molar-refractivity contribution < 1.29 is 9.47 Å². The van der Waals surface area contributed by atoms with Gasteiger partial charge in [-0.2, -0.15) is 0 Å². The number of benzene rings is 1. The van der Waals surface area contributed by atoms with Crippen LogP contribution in [0.4, 0.5) is 0 Å². The molecule has 0 spiro atoms. The minimum Gasteiger partial charge on any atom is -0.497 e. The van der Waals surface area contributed by atoms with Gasteiger partial charge < -0.3 is 19.8 Å². The first-order chi connectivity index (χ1) is 10.1.